The third-order valence-electron chi connectivity index (χ3n) is 4.34. The van der Waals surface area contributed by atoms with Crippen LogP contribution in [0.4, 0.5) is 0 Å². The van der Waals surface area contributed by atoms with Gasteiger partial charge in [0.25, 0.3) is 0 Å². The highest BCUT2D eigenvalue weighted by Crippen LogP contribution is 2.16. The van der Waals surface area contributed by atoms with Crippen molar-refractivity contribution in [1.82, 2.24) is 0 Å². The van der Waals surface area contributed by atoms with E-state index in [-0.39, 0.29) is 11.9 Å². The summed E-state index contributed by atoms with van der Waals surface area (Å²) in [6.45, 7) is 8.42. The van der Waals surface area contributed by atoms with Crippen LogP contribution in [0.2, 0.25) is 0 Å². The lowest BCUT2D eigenvalue weighted by atomic mass is 9.97. The Bertz CT molecular complexity index is 467. The SMILES string of the molecule is CCOC(=O)C1CC[NH+](CCCOc2ccccc2C)CC1. The molecule has 4 nitrogen and oxygen atoms in total. The minimum Gasteiger partial charge on any atom is -0.493 e. The number of nitrogens with one attached hydrogen (secondary N) is 1. The first-order valence-electron chi connectivity index (χ1n) is 8.39. The summed E-state index contributed by atoms with van der Waals surface area (Å²) in [7, 11) is 0. The number of carbonyl (C=O) groups excluding carboxylic acids is 1. The fraction of sp³-hybridized carbons (Fsp3) is 0.611. The molecule has 0 bridgehead atoms. The molecule has 122 valence electrons. The Balaban J connectivity index is 1.61. The quantitative estimate of drug-likeness (QED) is 0.615. The number of rotatable bonds is 7. The van der Waals surface area contributed by atoms with Gasteiger partial charge in [0, 0.05) is 19.3 Å². The average molecular weight is 306 g/mol. The van der Waals surface area contributed by atoms with Crippen LogP contribution in [0.3, 0.4) is 0 Å². The van der Waals surface area contributed by atoms with Crippen LogP contribution in [0.15, 0.2) is 24.3 Å². The summed E-state index contributed by atoms with van der Waals surface area (Å²) < 4.78 is 10.9. The van der Waals surface area contributed by atoms with Gasteiger partial charge in [-0.2, -0.15) is 0 Å². The van der Waals surface area contributed by atoms with E-state index < -0.39 is 0 Å². The summed E-state index contributed by atoms with van der Waals surface area (Å²) >= 11 is 0. The molecule has 0 spiro atoms. The largest absolute Gasteiger partial charge is 0.493 e. The highest BCUT2D eigenvalue weighted by molar-refractivity contribution is 5.72. The van der Waals surface area contributed by atoms with E-state index in [9.17, 15) is 4.79 Å². The van der Waals surface area contributed by atoms with E-state index in [1.54, 1.807) is 4.90 Å². The van der Waals surface area contributed by atoms with Crippen molar-refractivity contribution in [3.8, 4) is 5.75 Å². The second-order valence-electron chi connectivity index (χ2n) is 5.99. The van der Waals surface area contributed by atoms with Crippen LogP contribution in [0, 0.1) is 12.8 Å². The van der Waals surface area contributed by atoms with Crippen LogP contribution < -0.4 is 9.64 Å². The summed E-state index contributed by atoms with van der Waals surface area (Å²) in [6.07, 6.45) is 2.95. The summed E-state index contributed by atoms with van der Waals surface area (Å²) in [4.78, 5) is 13.3. The molecule has 1 saturated heterocycles. The molecule has 0 radical (unpaired) electrons. The van der Waals surface area contributed by atoms with Gasteiger partial charge in [-0.05, 0) is 25.5 Å². The summed E-state index contributed by atoms with van der Waals surface area (Å²) in [5.41, 5.74) is 1.19. The van der Waals surface area contributed by atoms with Crippen LogP contribution in [0.25, 0.3) is 0 Å². The first-order chi connectivity index (χ1) is 10.7. The second kappa shape index (κ2) is 8.79. The van der Waals surface area contributed by atoms with Crippen molar-refractivity contribution in [3.05, 3.63) is 29.8 Å². The van der Waals surface area contributed by atoms with Gasteiger partial charge < -0.3 is 14.4 Å². The maximum absolute atomic E-state index is 11.7. The number of carbonyl (C=O) groups is 1. The lowest BCUT2D eigenvalue weighted by molar-refractivity contribution is -0.906. The first-order valence-corrected chi connectivity index (χ1v) is 8.39. The van der Waals surface area contributed by atoms with Gasteiger partial charge in [0.1, 0.15) is 5.75 Å². The van der Waals surface area contributed by atoms with Gasteiger partial charge in [-0.25, -0.2) is 0 Å². The van der Waals surface area contributed by atoms with Crippen LogP contribution >= 0.6 is 0 Å². The number of benzene rings is 1. The monoisotopic (exact) mass is 306 g/mol. The maximum atomic E-state index is 11.7. The average Bonchev–Trinajstić information content (AvgIpc) is 2.54. The van der Waals surface area contributed by atoms with Gasteiger partial charge in [-0.15, -0.1) is 0 Å². The van der Waals surface area contributed by atoms with Gasteiger partial charge in [0.15, 0.2) is 0 Å². The normalized spacial score (nSPS) is 21.4. The van der Waals surface area contributed by atoms with Crippen LogP contribution in [0.1, 0.15) is 31.7 Å². The molecule has 0 aliphatic carbocycles. The molecule has 1 aromatic rings. The number of esters is 1. The zero-order valence-electron chi connectivity index (χ0n) is 13.8. The molecular formula is C18H28NO3+. The number of likely N-dealkylation sites (tertiary alicyclic amines) is 1. The second-order valence-corrected chi connectivity index (χ2v) is 5.99. The number of para-hydroxylation sites is 1. The molecule has 1 fully saturated rings. The van der Waals surface area contributed by atoms with Gasteiger partial charge in [0.2, 0.25) is 0 Å². The number of hydrogen-bond donors (Lipinski definition) is 1. The third-order valence-corrected chi connectivity index (χ3v) is 4.34. The van der Waals surface area contributed by atoms with Gasteiger partial charge in [-0.1, -0.05) is 18.2 Å². The number of piperidine rings is 1. The van der Waals surface area contributed by atoms with Crippen molar-refractivity contribution in [1.29, 1.82) is 0 Å². The number of ether oxygens (including phenoxy) is 2. The predicted octanol–water partition coefficient (Wildman–Crippen LogP) is 1.62. The molecular weight excluding hydrogens is 278 g/mol. The molecule has 0 unspecified atom stereocenters. The molecule has 2 rings (SSSR count). The minimum absolute atomic E-state index is 0.00978. The molecule has 0 aromatic heterocycles. The fourth-order valence-electron chi connectivity index (χ4n) is 2.99. The van der Waals surface area contributed by atoms with Crippen molar-refractivity contribution in [2.24, 2.45) is 5.92 Å². The lowest BCUT2D eigenvalue weighted by Gasteiger charge is -2.28. The van der Waals surface area contributed by atoms with E-state index >= 15 is 0 Å². The molecule has 1 heterocycles. The van der Waals surface area contributed by atoms with Crippen molar-refractivity contribution in [2.75, 3.05) is 32.8 Å². The first kappa shape index (κ1) is 16.8. The Kier molecular flexibility index (Phi) is 6.72. The van der Waals surface area contributed by atoms with Crippen LogP contribution in [0.5, 0.6) is 5.75 Å². The highest BCUT2D eigenvalue weighted by Gasteiger charge is 2.27. The molecule has 1 aromatic carbocycles. The fourth-order valence-corrected chi connectivity index (χ4v) is 2.99. The zero-order valence-corrected chi connectivity index (χ0v) is 13.8. The molecule has 0 atom stereocenters. The molecule has 4 heteroatoms. The Hall–Kier alpha value is -1.55. The Morgan fingerprint density at radius 1 is 1.27 bits per heavy atom. The Morgan fingerprint density at radius 3 is 2.68 bits per heavy atom. The minimum atomic E-state index is -0.00978. The van der Waals surface area contributed by atoms with Gasteiger partial charge in [0.05, 0.1) is 38.8 Å². The van der Waals surface area contributed by atoms with E-state index in [0.717, 1.165) is 51.3 Å². The smallest absolute Gasteiger partial charge is 0.309 e. The maximum Gasteiger partial charge on any atom is 0.309 e. The van der Waals surface area contributed by atoms with Crippen molar-refractivity contribution in [3.63, 3.8) is 0 Å². The van der Waals surface area contributed by atoms with E-state index in [1.165, 1.54) is 5.56 Å². The highest BCUT2D eigenvalue weighted by atomic mass is 16.5. The van der Waals surface area contributed by atoms with Crippen LogP contribution in [-0.2, 0) is 9.53 Å². The number of hydrogen-bond acceptors (Lipinski definition) is 3. The summed E-state index contributed by atoms with van der Waals surface area (Å²) in [5.74, 6) is 1.09. The number of aryl methyl sites for hydroxylation is 1. The molecule has 1 N–H and O–H groups in total. The van der Waals surface area contributed by atoms with E-state index in [4.69, 9.17) is 9.47 Å². The zero-order chi connectivity index (χ0) is 15.8. The van der Waals surface area contributed by atoms with Crippen LogP contribution in [-0.4, -0.2) is 38.8 Å². The van der Waals surface area contributed by atoms with E-state index in [0.29, 0.717) is 6.61 Å². The lowest BCUT2D eigenvalue weighted by Crippen LogP contribution is -3.13. The molecule has 22 heavy (non-hydrogen) atoms. The summed E-state index contributed by atoms with van der Waals surface area (Å²) in [6, 6.07) is 8.13. The van der Waals surface area contributed by atoms with E-state index in [2.05, 4.69) is 13.0 Å². The van der Waals surface area contributed by atoms with Crippen molar-refractivity contribution >= 4 is 5.97 Å². The van der Waals surface area contributed by atoms with Gasteiger partial charge in [-0.3, -0.25) is 4.79 Å². The Morgan fingerprint density at radius 2 is 2.00 bits per heavy atom. The molecule has 0 saturated carbocycles. The molecule has 1 aliphatic rings. The third kappa shape index (κ3) is 5.02. The van der Waals surface area contributed by atoms with Gasteiger partial charge >= 0.3 is 5.97 Å². The van der Waals surface area contributed by atoms with Crippen molar-refractivity contribution < 1.29 is 19.2 Å². The Labute approximate surface area is 133 Å². The predicted molar refractivity (Wildman–Crippen MR) is 86.2 cm³/mol. The molecule has 0 amide bonds. The topological polar surface area (TPSA) is 40.0 Å². The standard InChI is InChI=1S/C18H27NO3/c1-3-21-18(20)16-9-12-19(13-10-16)11-6-14-22-17-8-5-4-7-15(17)2/h4-5,7-8,16H,3,6,9-14H2,1-2H3/p+1. The van der Waals surface area contributed by atoms with Crippen molar-refractivity contribution in [2.45, 2.75) is 33.1 Å². The summed E-state index contributed by atoms with van der Waals surface area (Å²) in [5, 5.41) is 0. The van der Waals surface area contributed by atoms with E-state index in [1.807, 2.05) is 25.1 Å². The number of quaternary nitrogens is 1. The molecule has 1 aliphatic heterocycles.